The standard InChI is InChI=1S/C13H17NO3/c1-8(2)6-12(15)14-11-7-9(3)4-5-10(11)13(16)17/h4-5,7-8H,6H2,1-3H3,(H,14,15)(H,16,17). The molecule has 1 aromatic carbocycles. The van der Waals surface area contributed by atoms with Crippen LogP contribution in [-0.2, 0) is 4.79 Å². The van der Waals surface area contributed by atoms with Gasteiger partial charge in [0.1, 0.15) is 0 Å². The molecule has 0 fully saturated rings. The second-order valence-electron chi connectivity index (χ2n) is 4.50. The number of nitrogens with one attached hydrogen (secondary N) is 1. The van der Waals surface area contributed by atoms with E-state index in [-0.39, 0.29) is 17.4 Å². The lowest BCUT2D eigenvalue weighted by atomic mass is 10.1. The maximum atomic E-state index is 11.6. The summed E-state index contributed by atoms with van der Waals surface area (Å²) < 4.78 is 0. The van der Waals surface area contributed by atoms with Gasteiger partial charge in [-0.15, -0.1) is 0 Å². The van der Waals surface area contributed by atoms with E-state index in [4.69, 9.17) is 5.11 Å². The van der Waals surface area contributed by atoms with E-state index in [0.717, 1.165) is 5.56 Å². The highest BCUT2D eigenvalue weighted by Gasteiger charge is 2.13. The number of anilines is 1. The van der Waals surface area contributed by atoms with E-state index in [9.17, 15) is 9.59 Å². The molecule has 1 aromatic rings. The van der Waals surface area contributed by atoms with Crippen molar-refractivity contribution in [2.45, 2.75) is 27.2 Å². The lowest BCUT2D eigenvalue weighted by Crippen LogP contribution is -2.16. The third-order valence-electron chi connectivity index (χ3n) is 2.27. The van der Waals surface area contributed by atoms with Gasteiger partial charge in [-0.3, -0.25) is 4.79 Å². The van der Waals surface area contributed by atoms with Crippen molar-refractivity contribution in [2.24, 2.45) is 5.92 Å². The summed E-state index contributed by atoms with van der Waals surface area (Å²) in [7, 11) is 0. The minimum Gasteiger partial charge on any atom is -0.478 e. The third kappa shape index (κ3) is 3.90. The van der Waals surface area contributed by atoms with Crippen molar-refractivity contribution in [1.29, 1.82) is 0 Å². The third-order valence-corrected chi connectivity index (χ3v) is 2.27. The summed E-state index contributed by atoms with van der Waals surface area (Å²) in [5, 5.41) is 11.6. The maximum absolute atomic E-state index is 11.6. The van der Waals surface area contributed by atoms with Crippen molar-refractivity contribution in [3.8, 4) is 0 Å². The first-order valence-electron chi connectivity index (χ1n) is 5.54. The zero-order valence-corrected chi connectivity index (χ0v) is 10.3. The van der Waals surface area contributed by atoms with Gasteiger partial charge in [0.05, 0.1) is 11.3 Å². The summed E-state index contributed by atoms with van der Waals surface area (Å²) in [5.41, 5.74) is 1.39. The lowest BCUT2D eigenvalue weighted by Gasteiger charge is -2.10. The molecule has 0 saturated heterocycles. The van der Waals surface area contributed by atoms with Crippen molar-refractivity contribution >= 4 is 17.6 Å². The van der Waals surface area contributed by atoms with Crippen LogP contribution in [0.25, 0.3) is 0 Å². The van der Waals surface area contributed by atoms with Crippen molar-refractivity contribution in [2.75, 3.05) is 5.32 Å². The quantitative estimate of drug-likeness (QED) is 0.843. The molecule has 17 heavy (non-hydrogen) atoms. The molecule has 0 heterocycles. The molecule has 92 valence electrons. The highest BCUT2D eigenvalue weighted by molar-refractivity contribution is 6.00. The van der Waals surface area contributed by atoms with Gasteiger partial charge in [-0.2, -0.15) is 0 Å². The van der Waals surface area contributed by atoms with Crippen LogP contribution in [0.1, 0.15) is 36.2 Å². The minimum atomic E-state index is -1.04. The second-order valence-corrected chi connectivity index (χ2v) is 4.50. The molecule has 0 saturated carbocycles. The SMILES string of the molecule is Cc1ccc(C(=O)O)c(NC(=O)CC(C)C)c1. The van der Waals surface area contributed by atoms with Crippen LogP contribution >= 0.6 is 0 Å². The smallest absolute Gasteiger partial charge is 0.337 e. The van der Waals surface area contributed by atoms with Gasteiger partial charge in [-0.05, 0) is 30.5 Å². The average molecular weight is 235 g/mol. The van der Waals surface area contributed by atoms with Crippen LogP contribution in [0.15, 0.2) is 18.2 Å². The van der Waals surface area contributed by atoms with Crippen molar-refractivity contribution in [3.63, 3.8) is 0 Å². The van der Waals surface area contributed by atoms with Gasteiger partial charge < -0.3 is 10.4 Å². The molecule has 0 radical (unpaired) electrons. The monoisotopic (exact) mass is 235 g/mol. The number of aryl methyl sites for hydroxylation is 1. The predicted octanol–water partition coefficient (Wildman–Crippen LogP) is 2.68. The number of amides is 1. The molecule has 0 unspecified atom stereocenters. The topological polar surface area (TPSA) is 66.4 Å². The van der Waals surface area contributed by atoms with Crippen LogP contribution in [-0.4, -0.2) is 17.0 Å². The Morgan fingerprint density at radius 1 is 1.35 bits per heavy atom. The summed E-state index contributed by atoms with van der Waals surface area (Å²) in [4.78, 5) is 22.6. The maximum Gasteiger partial charge on any atom is 0.337 e. The molecule has 1 rings (SSSR count). The highest BCUT2D eigenvalue weighted by Crippen LogP contribution is 2.18. The number of rotatable bonds is 4. The normalized spacial score (nSPS) is 10.4. The van der Waals surface area contributed by atoms with E-state index < -0.39 is 5.97 Å². The number of carboxylic acids is 1. The fourth-order valence-electron chi connectivity index (χ4n) is 1.52. The van der Waals surface area contributed by atoms with Gasteiger partial charge in [0, 0.05) is 6.42 Å². The molecule has 0 bridgehead atoms. The Labute approximate surface area is 101 Å². The zero-order chi connectivity index (χ0) is 13.0. The van der Waals surface area contributed by atoms with E-state index >= 15 is 0 Å². The van der Waals surface area contributed by atoms with E-state index in [1.54, 1.807) is 12.1 Å². The molecular weight excluding hydrogens is 218 g/mol. The molecular formula is C13H17NO3. The van der Waals surface area contributed by atoms with Gasteiger partial charge >= 0.3 is 5.97 Å². The number of carboxylic acid groups (broad SMARTS) is 1. The molecule has 4 heteroatoms. The number of carbonyl (C=O) groups excluding carboxylic acids is 1. The average Bonchev–Trinajstić information content (AvgIpc) is 2.15. The number of aromatic carboxylic acids is 1. The van der Waals surface area contributed by atoms with E-state index in [1.165, 1.54) is 6.07 Å². The van der Waals surface area contributed by atoms with Crippen molar-refractivity contribution < 1.29 is 14.7 Å². The molecule has 0 atom stereocenters. The number of hydrogen-bond donors (Lipinski definition) is 2. The fourth-order valence-corrected chi connectivity index (χ4v) is 1.52. The second kappa shape index (κ2) is 5.48. The Bertz CT molecular complexity index is 438. The minimum absolute atomic E-state index is 0.118. The summed E-state index contributed by atoms with van der Waals surface area (Å²) in [5.74, 6) is -0.953. The van der Waals surface area contributed by atoms with Crippen LogP contribution in [0.3, 0.4) is 0 Å². The number of hydrogen-bond acceptors (Lipinski definition) is 2. The Balaban J connectivity index is 2.92. The fraction of sp³-hybridized carbons (Fsp3) is 0.385. The van der Waals surface area contributed by atoms with Crippen LogP contribution in [0.2, 0.25) is 0 Å². The Hall–Kier alpha value is -1.84. The van der Waals surface area contributed by atoms with Crippen molar-refractivity contribution in [1.82, 2.24) is 0 Å². The van der Waals surface area contributed by atoms with Crippen LogP contribution in [0.4, 0.5) is 5.69 Å². The summed E-state index contributed by atoms with van der Waals surface area (Å²) in [6, 6.07) is 4.88. The first-order chi connectivity index (χ1) is 7.90. The van der Waals surface area contributed by atoms with Gasteiger partial charge in [-0.25, -0.2) is 4.79 Å². The van der Waals surface area contributed by atoms with Crippen LogP contribution < -0.4 is 5.32 Å². The van der Waals surface area contributed by atoms with Gasteiger partial charge in [0.15, 0.2) is 0 Å². The Morgan fingerprint density at radius 2 is 2.00 bits per heavy atom. The lowest BCUT2D eigenvalue weighted by molar-refractivity contribution is -0.116. The summed E-state index contributed by atoms with van der Waals surface area (Å²) in [6.45, 7) is 5.73. The molecule has 2 N–H and O–H groups in total. The first-order valence-corrected chi connectivity index (χ1v) is 5.54. The highest BCUT2D eigenvalue weighted by atomic mass is 16.4. The predicted molar refractivity (Wildman–Crippen MR) is 66.2 cm³/mol. The Morgan fingerprint density at radius 3 is 2.53 bits per heavy atom. The van der Waals surface area contributed by atoms with Crippen LogP contribution in [0.5, 0.6) is 0 Å². The molecule has 0 aliphatic rings. The van der Waals surface area contributed by atoms with E-state index in [0.29, 0.717) is 12.1 Å². The van der Waals surface area contributed by atoms with Crippen LogP contribution in [0, 0.1) is 12.8 Å². The Kier molecular flexibility index (Phi) is 4.26. The summed E-state index contributed by atoms with van der Waals surface area (Å²) >= 11 is 0. The van der Waals surface area contributed by atoms with Gasteiger partial charge in [-0.1, -0.05) is 19.9 Å². The molecule has 1 amide bonds. The number of benzene rings is 1. The molecule has 0 spiro atoms. The molecule has 0 aliphatic carbocycles. The van der Waals surface area contributed by atoms with Gasteiger partial charge in [0.25, 0.3) is 0 Å². The van der Waals surface area contributed by atoms with Gasteiger partial charge in [0.2, 0.25) is 5.91 Å². The first kappa shape index (κ1) is 13.2. The van der Waals surface area contributed by atoms with Crippen molar-refractivity contribution in [3.05, 3.63) is 29.3 Å². The van der Waals surface area contributed by atoms with E-state index in [2.05, 4.69) is 5.32 Å². The number of carbonyl (C=O) groups is 2. The molecule has 0 aromatic heterocycles. The largest absolute Gasteiger partial charge is 0.478 e. The molecule has 0 aliphatic heterocycles. The zero-order valence-electron chi connectivity index (χ0n) is 10.3. The summed E-state index contributed by atoms with van der Waals surface area (Å²) in [6.07, 6.45) is 0.382. The molecule has 4 nitrogen and oxygen atoms in total. The van der Waals surface area contributed by atoms with E-state index in [1.807, 2.05) is 20.8 Å².